The standard InChI is InChI=1S/C11H6F2N2O/c12-9-4-3-7(6-15-9)10(16)8-2-1-5-14-11(8)13/h1-6H. The first-order valence-electron chi connectivity index (χ1n) is 4.45. The highest BCUT2D eigenvalue weighted by atomic mass is 19.1. The molecule has 0 N–H and O–H groups in total. The number of carbonyl (C=O) groups excluding carboxylic acids is 1. The fraction of sp³-hybridized carbons (Fsp3) is 0. The quantitative estimate of drug-likeness (QED) is 0.574. The molecule has 0 aromatic carbocycles. The Morgan fingerprint density at radius 1 is 1.12 bits per heavy atom. The molecule has 16 heavy (non-hydrogen) atoms. The highest BCUT2D eigenvalue weighted by Gasteiger charge is 2.14. The van der Waals surface area contributed by atoms with Gasteiger partial charge >= 0.3 is 0 Å². The zero-order chi connectivity index (χ0) is 11.5. The fourth-order valence-corrected chi connectivity index (χ4v) is 1.22. The summed E-state index contributed by atoms with van der Waals surface area (Å²) in [6.45, 7) is 0. The highest BCUT2D eigenvalue weighted by Crippen LogP contribution is 2.10. The van der Waals surface area contributed by atoms with Crippen LogP contribution in [0.1, 0.15) is 15.9 Å². The Balaban J connectivity index is 2.40. The third-order valence-corrected chi connectivity index (χ3v) is 1.99. The van der Waals surface area contributed by atoms with Crippen LogP contribution in [0.15, 0.2) is 36.7 Å². The summed E-state index contributed by atoms with van der Waals surface area (Å²) >= 11 is 0. The van der Waals surface area contributed by atoms with Crippen molar-refractivity contribution in [1.82, 2.24) is 9.97 Å². The van der Waals surface area contributed by atoms with Crippen LogP contribution in [0.3, 0.4) is 0 Å². The van der Waals surface area contributed by atoms with Gasteiger partial charge in [-0.25, -0.2) is 9.97 Å². The van der Waals surface area contributed by atoms with Gasteiger partial charge in [0.1, 0.15) is 0 Å². The Kier molecular flexibility index (Phi) is 2.68. The van der Waals surface area contributed by atoms with E-state index in [1.807, 2.05) is 0 Å². The Labute approximate surface area is 89.8 Å². The minimum Gasteiger partial charge on any atom is -0.288 e. The van der Waals surface area contributed by atoms with Gasteiger partial charge in [-0.1, -0.05) is 0 Å². The van der Waals surface area contributed by atoms with Gasteiger partial charge in [0.25, 0.3) is 0 Å². The summed E-state index contributed by atoms with van der Waals surface area (Å²) in [4.78, 5) is 18.4. The SMILES string of the molecule is O=C(c1ccc(F)nc1)c1cccnc1F. The van der Waals surface area contributed by atoms with Gasteiger partial charge in [-0.05, 0) is 24.3 Å². The molecule has 0 spiro atoms. The van der Waals surface area contributed by atoms with Crippen LogP contribution in [-0.2, 0) is 0 Å². The number of halogens is 2. The van der Waals surface area contributed by atoms with E-state index in [2.05, 4.69) is 9.97 Å². The number of hydrogen-bond acceptors (Lipinski definition) is 3. The molecule has 0 saturated heterocycles. The summed E-state index contributed by atoms with van der Waals surface area (Å²) in [7, 11) is 0. The van der Waals surface area contributed by atoms with Crippen LogP contribution >= 0.6 is 0 Å². The van der Waals surface area contributed by atoms with Crippen molar-refractivity contribution in [3.63, 3.8) is 0 Å². The second kappa shape index (κ2) is 4.14. The molecular formula is C11H6F2N2O. The minimum atomic E-state index is -0.850. The van der Waals surface area contributed by atoms with Crippen LogP contribution in [0.25, 0.3) is 0 Å². The van der Waals surface area contributed by atoms with E-state index in [1.54, 1.807) is 0 Å². The van der Waals surface area contributed by atoms with E-state index >= 15 is 0 Å². The topological polar surface area (TPSA) is 42.9 Å². The third-order valence-electron chi connectivity index (χ3n) is 1.99. The monoisotopic (exact) mass is 220 g/mol. The molecule has 2 aromatic rings. The normalized spacial score (nSPS) is 10.1. The molecule has 0 radical (unpaired) electrons. The van der Waals surface area contributed by atoms with Gasteiger partial charge in [0, 0.05) is 18.0 Å². The van der Waals surface area contributed by atoms with E-state index in [1.165, 1.54) is 24.4 Å². The van der Waals surface area contributed by atoms with Crippen molar-refractivity contribution >= 4 is 5.78 Å². The first-order valence-corrected chi connectivity index (χ1v) is 4.45. The lowest BCUT2D eigenvalue weighted by Gasteiger charge is -2.00. The predicted molar refractivity (Wildman–Crippen MR) is 51.8 cm³/mol. The molecule has 0 aliphatic heterocycles. The van der Waals surface area contributed by atoms with Crippen molar-refractivity contribution in [2.24, 2.45) is 0 Å². The fourth-order valence-electron chi connectivity index (χ4n) is 1.22. The molecule has 0 aliphatic rings. The third kappa shape index (κ3) is 1.93. The van der Waals surface area contributed by atoms with E-state index in [-0.39, 0.29) is 11.1 Å². The molecule has 0 atom stereocenters. The molecule has 0 fully saturated rings. The molecule has 2 aromatic heterocycles. The summed E-state index contributed by atoms with van der Waals surface area (Å²) in [6, 6.07) is 5.06. The number of nitrogens with zero attached hydrogens (tertiary/aromatic N) is 2. The zero-order valence-corrected chi connectivity index (χ0v) is 8.02. The number of rotatable bonds is 2. The second-order valence-electron chi connectivity index (χ2n) is 3.04. The predicted octanol–water partition coefficient (Wildman–Crippen LogP) is 1.99. The number of ketones is 1. The summed E-state index contributed by atoms with van der Waals surface area (Å²) < 4.78 is 25.7. The van der Waals surface area contributed by atoms with Crippen LogP contribution in [-0.4, -0.2) is 15.8 Å². The van der Waals surface area contributed by atoms with Gasteiger partial charge in [-0.3, -0.25) is 4.79 Å². The second-order valence-corrected chi connectivity index (χ2v) is 3.04. The summed E-state index contributed by atoms with van der Waals surface area (Å²) in [5.74, 6) is -2.11. The molecule has 0 saturated carbocycles. The molecule has 0 unspecified atom stereocenters. The Bertz CT molecular complexity index is 526. The maximum atomic E-state index is 13.2. The zero-order valence-electron chi connectivity index (χ0n) is 8.02. The van der Waals surface area contributed by atoms with Crippen molar-refractivity contribution in [1.29, 1.82) is 0 Å². The van der Waals surface area contributed by atoms with Gasteiger partial charge in [0.05, 0.1) is 5.56 Å². The summed E-state index contributed by atoms with van der Waals surface area (Å²) in [6.07, 6.45) is 2.30. The van der Waals surface area contributed by atoms with E-state index in [9.17, 15) is 13.6 Å². The first-order chi connectivity index (χ1) is 7.68. The van der Waals surface area contributed by atoms with E-state index in [4.69, 9.17) is 0 Å². The largest absolute Gasteiger partial charge is 0.288 e. The molecule has 5 heteroatoms. The lowest BCUT2D eigenvalue weighted by atomic mass is 10.1. The molecule has 0 amide bonds. The number of hydrogen-bond donors (Lipinski definition) is 0. The molecular weight excluding hydrogens is 214 g/mol. The lowest BCUT2D eigenvalue weighted by Crippen LogP contribution is -2.06. The average molecular weight is 220 g/mol. The van der Waals surface area contributed by atoms with Gasteiger partial charge in [-0.2, -0.15) is 8.78 Å². The Morgan fingerprint density at radius 2 is 1.94 bits per heavy atom. The molecule has 2 heterocycles. The van der Waals surface area contributed by atoms with Gasteiger partial charge in [0.2, 0.25) is 11.9 Å². The molecule has 3 nitrogen and oxygen atoms in total. The van der Waals surface area contributed by atoms with Crippen LogP contribution in [0.2, 0.25) is 0 Å². The number of carbonyl (C=O) groups is 1. The van der Waals surface area contributed by atoms with Crippen molar-refractivity contribution < 1.29 is 13.6 Å². The van der Waals surface area contributed by atoms with Crippen molar-refractivity contribution in [2.75, 3.05) is 0 Å². The molecule has 0 aliphatic carbocycles. The van der Waals surface area contributed by atoms with Gasteiger partial charge in [0.15, 0.2) is 5.78 Å². The Morgan fingerprint density at radius 3 is 2.56 bits per heavy atom. The summed E-state index contributed by atoms with van der Waals surface area (Å²) in [5.41, 5.74) is -0.0378. The van der Waals surface area contributed by atoms with Crippen LogP contribution in [0.5, 0.6) is 0 Å². The minimum absolute atomic E-state index is 0.119. The highest BCUT2D eigenvalue weighted by molar-refractivity contribution is 6.08. The van der Waals surface area contributed by atoms with Crippen molar-refractivity contribution in [3.05, 3.63) is 59.7 Å². The summed E-state index contributed by atoms with van der Waals surface area (Å²) in [5, 5.41) is 0. The van der Waals surface area contributed by atoms with Gasteiger partial charge < -0.3 is 0 Å². The van der Waals surface area contributed by atoms with E-state index in [0.29, 0.717) is 0 Å². The average Bonchev–Trinajstić information content (AvgIpc) is 2.30. The molecule has 80 valence electrons. The maximum absolute atomic E-state index is 13.2. The van der Waals surface area contributed by atoms with Crippen LogP contribution in [0, 0.1) is 11.9 Å². The van der Waals surface area contributed by atoms with Crippen molar-refractivity contribution in [3.8, 4) is 0 Å². The number of aromatic nitrogens is 2. The maximum Gasteiger partial charge on any atom is 0.224 e. The van der Waals surface area contributed by atoms with Crippen LogP contribution in [0.4, 0.5) is 8.78 Å². The van der Waals surface area contributed by atoms with E-state index in [0.717, 1.165) is 12.3 Å². The lowest BCUT2D eigenvalue weighted by molar-refractivity contribution is 0.103. The van der Waals surface area contributed by atoms with Crippen molar-refractivity contribution in [2.45, 2.75) is 0 Å². The smallest absolute Gasteiger partial charge is 0.224 e. The van der Waals surface area contributed by atoms with Crippen LogP contribution < -0.4 is 0 Å². The van der Waals surface area contributed by atoms with Gasteiger partial charge in [-0.15, -0.1) is 0 Å². The molecule has 2 rings (SSSR count). The number of pyridine rings is 2. The molecule has 0 bridgehead atoms. The Hall–Kier alpha value is -2.17. The van der Waals surface area contributed by atoms with E-state index < -0.39 is 17.7 Å². The first kappa shape index (κ1) is 10.4.